The molecule has 4 heterocycles. The average Bonchev–Trinajstić information content (AvgIpc) is 3.21. The number of carbonyl (C=O) groups is 3. The summed E-state index contributed by atoms with van der Waals surface area (Å²) >= 11 is 5.77. The van der Waals surface area contributed by atoms with Crippen LogP contribution in [0, 0.1) is 6.92 Å². The van der Waals surface area contributed by atoms with Crippen molar-refractivity contribution >= 4 is 75.9 Å². The number of amides is 2. The number of hydrogen-bond acceptors (Lipinski definition) is 13. The number of nitrogens with zero attached hydrogens (tertiary/aromatic N) is 4. The van der Waals surface area contributed by atoms with Crippen molar-refractivity contribution in [2.45, 2.75) is 28.3 Å². The van der Waals surface area contributed by atoms with Gasteiger partial charge in [-0.3, -0.25) is 14.5 Å². The van der Waals surface area contributed by atoms with Gasteiger partial charge in [-0.2, -0.15) is 11.8 Å². The molecule has 2 aromatic rings. The van der Waals surface area contributed by atoms with Crippen LogP contribution in [0.25, 0.3) is 0 Å². The van der Waals surface area contributed by atoms with E-state index >= 15 is 0 Å². The molecule has 1 saturated heterocycles. The zero-order chi connectivity index (χ0) is 26.7. The maximum absolute atomic E-state index is 13.0. The normalized spacial score (nSPS) is 19.5. The predicted octanol–water partition coefficient (Wildman–Crippen LogP) is 1.29. The molecule has 4 rings (SSSR count). The standard InChI is InChI=1S/C21H23N7O5S4/c1-9-24-11(7-34-6-5-22)21(36-9)37-12-8-35-19-15(18(30)28(19)16(12)20(31)32)26-17(29)14(27-33)10-3-2-4-13(23)25-10/h2-4,15,19,33H,5-8,22H2,1H3,(H2,23,25)(H,26,29)(H,31,32)/b27-14-/t15-,19-/m1/s1. The Morgan fingerprint density at radius 2 is 2.14 bits per heavy atom. The van der Waals surface area contributed by atoms with Crippen molar-refractivity contribution in [1.29, 1.82) is 0 Å². The van der Waals surface area contributed by atoms with E-state index in [0.29, 0.717) is 23.0 Å². The first-order chi connectivity index (χ1) is 17.7. The molecule has 37 heavy (non-hydrogen) atoms. The minimum atomic E-state index is -1.23. The molecule has 196 valence electrons. The lowest BCUT2D eigenvalue weighted by molar-refractivity contribution is -0.150. The topological polar surface area (TPSA) is 197 Å². The Balaban J connectivity index is 1.52. The molecule has 0 saturated carbocycles. The van der Waals surface area contributed by atoms with E-state index in [4.69, 9.17) is 11.5 Å². The number of anilines is 1. The van der Waals surface area contributed by atoms with Gasteiger partial charge in [0.25, 0.3) is 11.8 Å². The molecule has 2 amide bonds. The molecule has 0 unspecified atom stereocenters. The molecule has 7 N–H and O–H groups in total. The molecule has 0 spiro atoms. The number of aryl methyl sites for hydroxylation is 1. The number of aromatic nitrogens is 2. The number of oxime groups is 1. The Morgan fingerprint density at radius 3 is 2.81 bits per heavy atom. The van der Waals surface area contributed by atoms with Crippen LogP contribution in [0.3, 0.4) is 0 Å². The van der Waals surface area contributed by atoms with E-state index < -0.39 is 34.9 Å². The summed E-state index contributed by atoms with van der Waals surface area (Å²) in [4.78, 5) is 48.3. The number of carboxylic acids is 1. The Bertz CT molecular complexity index is 1300. The van der Waals surface area contributed by atoms with Crippen LogP contribution < -0.4 is 16.8 Å². The number of carboxylic acid groups (broad SMARTS) is 1. The molecule has 16 heteroatoms. The summed E-state index contributed by atoms with van der Waals surface area (Å²) < 4.78 is 0.881. The lowest BCUT2D eigenvalue weighted by Crippen LogP contribution is -2.71. The number of aliphatic carboxylic acids is 1. The highest BCUT2D eigenvalue weighted by molar-refractivity contribution is 8.07. The quantitative estimate of drug-likeness (QED) is 0.0887. The minimum absolute atomic E-state index is 0.0324. The van der Waals surface area contributed by atoms with Crippen LogP contribution in [0.15, 0.2) is 38.2 Å². The molecule has 12 nitrogen and oxygen atoms in total. The number of nitrogens with one attached hydrogen (secondary N) is 1. The lowest BCUT2D eigenvalue weighted by atomic mass is 10.0. The fourth-order valence-electron chi connectivity index (χ4n) is 3.66. The maximum atomic E-state index is 13.0. The summed E-state index contributed by atoms with van der Waals surface area (Å²) in [5.41, 5.74) is 11.6. The largest absolute Gasteiger partial charge is 0.477 e. The maximum Gasteiger partial charge on any atom is 0.353 e. The summed E-state index contributed by atoms with van der Waals surface area (Å²) in [6.45, 7) is 2.44. The predicted molar refractivity (Wildman–Crippen MR) is 145 cm³/mol. The first kappa shape index (κ1) is 27.3. The highest BCUT2D eigenvalue weighted by atomic mass is 32.2. The number of rotatable bonds is 10. The van der Waals surface area contributed by atoms with Crippen molar-refractivity contribution in [3.05, 3.63) is 45.2 Å². The van der Waals surface area contributed by atoms with Crippen molar-refractivity contribution in [3.8, 4) is 0 Å². The van der Waals surface area contributed by atoms with Gasteiger partial charge in [-0.1, -0.05) is 23.0 Å². The molecular weight excluding hydrogens is 559 g/mol. The zero-order valence-electron chi connectivity index (χ0n) is 19.4. The van der Waals surface area contributed by atoms with Crippen LogP contribution >= 0.6 is 46.6 Å². The van der Waals surface area contributed by atoms with Crippen LogP contribution in [0.4, 0.5) is 5.82 Å². The van der Waals surface area contributed by atoms with Crippen molar-refractivity contribution in [2.75, 3.05) is 23.8 Å². The van der Waals surface area contributed by atoms with E-state index in [9.17, 15) is 24.7 Å². The summed E-state index contributed by atoms with van der Waals surface area (Å²) in [5.74, 6) is -0.739. The molecule has 0 bridgehead atoms. The Morgan fingerprint density at radius 1 is 1.35 bits per heavy atom. The number of β-lactam (4-membered cyclic amide) rings is 1. The Hall–Kier alpha value is -2.79. The molecule has 0 aromatic carbocycles. The number of nitrogen functional groups attached to an aromatic ring is 1. The van der Waals surface area contributed by atoms with Crippen molar-refractivity contribution < 1.29 is 24.7 Å². The van der Waals surface area contributed by atoms with Crippen LogP contribution in [0.5, 0.6) is 0 Å². The SMILES string of the molecule is Cc1nc(CSCCN)c(SC2=C(C(=O)O)N3C(=O)[C@@H](NC(=O)/C(=N\O)c4cccc(N)n4)[C@H]3SC2)s1. The molecule has 1 fully saturated rings. The van der Waals surface area contributed by atoms with Gasteiger partial charge >= 0.3 is 5.97 Å². The third-order valence-corrected chi connectivity index (χ3v) is 10.0. The molecule has 2 aliphatic heterocycles. The van der Waals surface area contributed by atoms with E-state index in [1.54, 1.807) is 17.8 Å². The number of hydrogen-bond donors (Lipinski definition) is 5. The molecule has 2 aliphatic rings. The molecule has 0 aliphatic carbocycles. The minimum Gasteiger partial charge on any atom is -0.477 e. The van der Waals surface area contributed by atoms with E-state index in [-0.39, 0.29) is 17.2 Å². The summed E-state index contributed by atoms with van der Waals surface area (Å²) in [6, 6.07) is 3.49. The van der Waals surface area contributed by atoms with E-state index in [2.05, 4.69) is 20.4 Å². The smallest absolute Gasteiger partial charge is 0.353 e. The number of nitrogens with two attached hydrogens (primary N) is 2. The van der Waals surface area contributed by atoms with Gasteiger partial charge in [-0.05, 0) is 19.1 Å². The number of thiazole rings is 1. The van der Waals surface area contributed by atoms with Crippen LogP contribution in [-0.4, -0.2) is 78.1 Å². The lowest BCUT2D eigenvalue weighted by Gasteiger charge is -2.49. The fourth-order valence-corrected chi connectivity index (χ4v) is 8.42. The van der Waals surface area contributed by atoms with E-state index in [1.165, 1.54) is 51.9 Å². The van der Waals surface area contributed by atoms with Gasteiger partial charge in [0.2, 0.25) is 0 Å². The van der Waals surface area contributed by atoms with Gasteiger partial charge in [0, 0.05) is 28.7 Å². The number of pyridine rings is 1. The number of thioether (sulfide) groups is 3. The van der Waals surface area contributed by atoms with Gasteiger partial charge in [0.05, 0.1) is 14.9 Å². The monoisotopic (exact) mass is 581 g/mol. The second-order valence-electron chi connectivity index (χ2n) is 7.74. The fraction of sp³-hybridized carbons (Fsp3) is 0.333. The Kier molecular flexibility index (Phi) is 8.63. The summed E-state index contributed by atoms with van der Waals surface area (Å²) in [5, 5.41) is 25.1. The van der Waals surface area contributed by atoms with Gasteiger partial charge in [-0.15, -0.1) is 23.1 Å². The third-order valence-electron chi connectivity index (χ3n) is 5.24. The number of fused-ring (bicyclic) bond motifs is 1. The van der Waals surface area contributed by atoms with Crippen LogP contribution in [0.1, 0.15) is 16.4 Å². The molecule has 0 radical (unpaired) electrons. The van der Waals surface area contributed by atoms with E-state index in [0.717, 1.165) is 20.7 Å². The van der Waals surface area contributed by atoms with Gasteiger partial charge < -0.3 is 27.1 Å². The summed E-state index contributed by atoms with van der Waals surface area (Å²) in [7, 11) is 0. The average molecular weight is 582 g/mol. The van der Waals surface area contributed by atoms with Gasteiger partial charge in [0.15, 0.2) is 5.71 Å². The molecule has 2 atom stereocenters. The van der Waals surface area contributed by atoms with Crippen molar-refractivity contribution in [3.63, 3.8) is 0 Å². The van der Waals surface area contributed by atoms with Crippen molar-refractivity contribution in [1.82, 2.24) is 20.2 Å². The second kappa shape index (κ2) is 11.7. The number of carbonyl (C=O) groups excluding carboxylic acids is 2. The van der Waals surface area contributed by atoms with Crippen LogP contribution in [-0.2, 0) is 20.1 Å². The van der Waals surface area contributed by atoms with E-state index in [1.807, 2.05) is 6.92 Å². The zero-order valence-corrected chi connectivity index (χ0v) is 22.7. The first-order valence-electron chi connectivity index (χ1n) is 10.8. The second-order valence-corrected chi connectivity index (χ2v) is 12.5. The Labute approximate surface area is 228 Å². The highest BCUT2D eigenvalue weighted by Gasteiger charge is 2.54. The van der Waals surface area contributed by atoms with Gasteiger partial charge in [0.1, 0.15) is 28.6 Å². The van der Waals surface area contributed by atoms with Gasteiger partial charge in [-0.25, -0.2) is 14.8 Å². The van der Waals surface area contributed by atoms with Crippen molar-refractivity contribution in [2.24, 2.45) is 10.9 Å². The molecular formula is C21H23N7O5S4. The molecule has 2 aromatic heterocycles. The summed E-state index contributed by atoms with van der Waals surface area (Å²) in [6.07, 6.45) is 0. The highest BCUT2D eigenvalue weighted by Crippen LogP contribution is 2.47. The third kappa shape index (κ3) is 5.72. The van der Waals surface area contributed by atoms with Crippen LogP contribution in [0.2, 0.25) is 0 Å². The first-order valence-corrected chi connectivity index (χ1v) is 14.7.